The molecule has 0 heterocycles. The molecule has 0 saturated carbocycles. The summed E-state index contributed by atoms with van der Waals surface area (Å²) in [5.74, 6) is -20.3. The van der Waals surface area contributed by atoms with E-state index in [-0.39, 0.29) is 0 Å². The molecule has 0 fully saturated rings. The van der Waals surface area contributed by atoms with E-state index in [4.69, 9.17) is 5.11 Å². The number of carbonyl (C=O) groups is 1. The minimum atomic E-state index is -6.45. The summed E-state index contributed by atoms with van der Waals surface area (Å²) >= 11 is 0. The number of aliphatic hydroxyl groups excluding tert-OH is 1. The van der Waals surface area contributed by atoms with Gasteiger partial charge in [0.05, 0.1) is 12.2 Å². The molecule has 0 atom stereocenters. The van der Waals surface area contributed by atoms with Crippen LogP contribution in [0.4, 0.5) is 35.1 Å². The van der Waals surface area contributed by atoms with Gasteiger partial charge < -0.3 is 9.84 Å². The molecule has 20 heavy (non-hydrogen) atoms. The molecule has 11 heteroatoms. The van der Waals surface area contributed by atoms with Gasteiger partial charge >= 0.3 is 30.2 Å². The van der Waals surface area contributed by atoms with E-state index in [1.165, 1.54) is 0 Å². The molecular formula is C9H8F8O3. The molecule has 0 aliphatic carbocycles. The Morgan fingerprint density at radius 1 is 1.15 bits per heavy atom. The maximum Gasteiger partial charge on any atom is 0.381 e. The van der Waals surface area contributed by atoms with E-state index in [1.54, 1.807) is 0 Å². The van der Waals surface area contributed by atoms with Crippen LogP contribution >= 0.6 is 0 Å². The van der Waals surface area contributed by atoms with Crippen molar-refractivity contribution in [3.05, 3.63) is 12.2 Å². The van der Waals surface area contributed by atoms with Gasteiger partial charge in [0.25, 0.3) is 0 Å². The largest absolute Gasteiger partial charge is 0.456 e. The minimum absolute atomic E-state index is 0.815. The molecule has 0 aliphatic heterocycles. The minimum Gasteiger partial charge on any atom is -0.456 e. The van der Waals surface area contributed by atoms with Gasteiger partial charge in [0.1, 0.15) is 0 Å². The number of carbonyl (C=O) groups excluding carboxylic acids is 1. The van der Waals surface area contributed by atoms with Gasteiger partial charge in [-0.05, 0) is 0 Å². The van der Waals surface area contributed by atoms with Crippen LogP contribution in [0.25, 0.3) is 0 Å². The van der Waals surface area contributed by atoms with Crippen LogP contribution in [-0.2, 0) is 9.53 Å². The van der Waals surface area contributed by atoms with E-state index >= 15 is 0 Å². The summed E-state index contributed by atoms with van der Waals surface area (Å²) in [7, 11) is 0. The Morgan fingerprint density at radius 2 is 1.60 bits per heavy atom. The fraction of sp³-hybridized carbons (Fsp3) is 0.667. The molecule has 0 aromatic rings. The fourth-order valence-corrected chi connectivity index (χ4v) is 0.794. The molecule has 0 aliphatic rings. The zero-order valence-electron chi connectivity index (χ0n) is 9.49. The first-order valence-electron chi connectivity index (χ1n) is 4.68. The number of ether oxygens (including phenoxy) is 1. The van der Waals surface area contributed by atoms with E-state index < -0.39 is 48.9 Å². The molecule has 0 bridgehead atoms. The SMILES string of the molecule is C=C(CO)C(=O)OCC(F)(F)C(F)(F)C(F)(F)C(F)F. The van der Waals surface area contributed by atoms with Crippen molar-refractivity contribution in [2.75, 3.05) is 13.2 Å². The lowest BCUT2D eigenvalue weighted by Crippen LogP contribution is -2.59. The van der Waals surface area contributed by atoms with Gasteiger partial charge in [-0.15, -0.1) is 0 Å². The van der Waals surface area contributed by atoms with Crippen molar-refractivity contribution in [1.82, 2.24) is 0 Å². The van der Waals surface area contributed by atoms with Gasteiger partial charge in [0, 0.05) is 0 Å². The normalized spacial score (nSPS) is 13.5. The van der Waals surface area contributed by atoms with Gasteiger partial charge in [-0.3, -0.25) is 0 Å². The Kier molecular flexibility index (Phi) is 5.52. The Balaban J connectivity index is 5.04. The van der Waals surface area contributed by atoms with Gasteiger partial charge in [-0.2, -0.15) is 26.3 Å². The lowest BCUT2D eigenvalue weighted by molar-refractivity contribution is -0.344. The monoisotopic (exact) mass is 316 g/mol. The van der Waals surface area contributed by atoms with Crippen LogP contribution in [-0.4, -0.2) is 48.5 Å². The van der Waals surface area contributed by atoms with E-state index in [9.17, 15) is 39.9 Å². The second kappa shape index (κ2) is 5.94. The highest BCUT2D eigenvalue weighted by Crippen LogP contribution is 2.48. The fourth-order valence-electron chi connectivity index (χ4n) is 0.794. The second-order valence-electron chi connectivity index (χ2n) is 3.54. The Labute approximate surface area is 106 Å². The molecule has 0 amide bonds. The molecule has 118 valence electrons. The van der Waals surface area contributed by atoms with Crippen LogP contribution in [0.3, 0.4) is 0 Å². The van der Waals surface area contributed by atoms with Gasteiger partial charge in [-0.1, -0.05) is 6.58 Å². The van der Waals surface area contributed by atoms with Crippen LogP contribution in [0, 0.1) is 0 Å². The highest BCUT2D eigenvalue weighted by molar-refractivity contribution is 5.87. The third-order valence-electron chi connectivity index (χ3n) is 2.02. The predicted octanol–water partition coefficient (Wildman–Crippen LogP) is 2.25. The van der Waals surface area contributed by atoms with E-state index in [2.05, 4.69) is 11.3 Å². The van der Waals surface area contributed by atoms with Crippen molar-refractivity contribution < 1.29 is 49.8 Å². The maximum atomic E-state index is 12.9. The number of hydrogen-bond donors (Lipinski definition) is 1. The zero-order chi connectivity index (χ0) is 16.4. The average molecular weight is 316 g/mol. The number of aliphatic hydroxyl groups is 1. The van der Waals surface area contributed by atoms with Crippen molar-refractivity contribution in [1.29, 1.82) is 0 Å². The van der Waals surface area contributed by atoms with Crippen LogP contribution < -0.4 is 0 Å². The molecule has 0 aromatic carbocycles. The summed E-state index contributed by atoms with van der Waals surface area (Å²) in [6.07, 6.45) is -5.05. The van der Waals surface area contributed by atoms with E-state index in [1.807, 2.05) is 0 Å². The van der Waals surface area contributed by atoms with E-state index in [0.717, 1.165) is 0 Å². The zero-order valence-corrected chi connectivity index (χ0v) is 9.49. The number of esters is 1. The van der Waals surface area contributed by atoms with Crippen LogP contribution in [0.15, 0.2) is 12.2 Å². The number of halogens is 8. The molecule has 3 nitrogen and oxygen atoms in total. The van der Waals surface area contributed by atoms with E-state index in [0.29, 0.717) is 0 Å². The number of alkyl halides is 8. The maximum absolute atomic E-state index is 12.9. The first-order valence-corrected chi connectivity index (χ1v) is 4.68. The van der Waals surface area contributed by atoms with Crippen molar-refractivity contribution in [3.63, 3.8) is 0 Å². The topological polar surface area (TPSA) is 46.5 Å². The van der Waals surface area contributed by atoms with Crippen LogP contribution in [0.2, 0.25) is 0 Å². The average Bonchev–Trinajstić information content (AvgIpc) is 2.34. The highest BCUT2D eigenvalue weighted by Gasteiger charge is 2.75. The van der Waals surface area contributed by atoms with Gasteiger partial charge in [0.2, 0.25) is 0 Å². The quantitative estimate of drug-likeness (QED) is 0.445. The lowest BCUT2D eigenvalue weighted by atomic mass is 10.1. The van der Waals surface area contributed by atoms with Crippen LogP contribution in [0.1, 0.15) is 0 Å². The summed E-state index contributed by atoms with van der Waals surface area (Å²) in [5, 5.41) is 8.34. The standard InChI is InChI=1S/C9H8F8O3/c1-4(2-18)5(19)20-3-7(12,13)9(16,17)8(14,15)6(10)11/h6,18H,1-3H2. The Morgan fingerprint density at radius 3 is 1.95 bits per heavy atom. The molecule has 0 radical (unpaired) electrons. The molecule has 0 saturated heterocycles. The van der Waals surface area contributed by atoms with Crippen LogP contribution in [0.5, 0.6) is 0 Å². The lowest BCUT2D eigenvalue weighted by Gasteiger charge is -2.31. The van der Waals surface area contributed by atoms with Crippen molar-refractivity contribution in [2.45, 2.75) is 24.2 Å². The Hall–Kier alpha value is -1.39. The second-order valence-corrected chi connectivity index (χ2v) is 3.54. The molecule has 0 rings (SSSR count). The number of rotatable bonds is 7. The van der Waals surface area contributed by atoms with Gasteiger partial charge in [-0.25, -0.2) is 13.6 Å². The first kappa shape index (κ1) is 18.6. The molecule has 0 unspecified atom stereocenters. The summed E-state index contributed by atoms with van der Waals surface area (Å²) in [6.45, 7) is -0.857. The van der Waals surface area contributed by atoms with Gasteiger partial charge in [0.15, 0.2) is 6.61 Å². The van der Waals surface area contributed by atoms with Crippen molar-refractivity contribution in [2.24, 2.45) is 0 Å². The summed E-state index contributed by atoms with van der Waals surface area (Å²) in [4.78, 5) is 10.7. The highest BCUT2D eigenvalue weighted by atomic mass is 19.4. The Bertz CT molecular complexity index is 379. The summed E-state index contributed by atoms with van der Waals surface area (Å²) in [5.41, 5.74) is -0.815. The third-order valence-corrected chi connectivity index (χ3v) is 2.02. The molecular weight excluding hydrogens is 308 g/mol. The third kappa shape index (κ3) is 3.38. The smallest absolute Gasteiger partial charge is 0.381 e. The van der Waals surface area contributed by atoms with Crippen molar-refractivity contribution >= 4 is 5.97 Å². The summed E-state index contributed by atoms with van der Waals surface area (Å²) < 4.78 is 103. The first-order chi connectivity index (χ1) is 8.81. The number of hydrogen-bond acceptors (Lipinski definition) is 3. The molecule has 0 aromatic heterocycles. The van der Waals surface area contributed by atoms with Crippen molar-refractivity contribution in [3.8, 4) is 0 Å². The molecule has 0 spiro atoms. The summed E-state index contributed by atoms with van der Waals surface area (Å²) in [6, 6.07) is 0. The predicted molar refractivity (Wildman–Crippen MR) is 48.0 cm³/mol. The molecule has 1 N–H and O–H groups in total.